The Morgan fingerprint density at radius 3 is 2.86 bits per heavy atom. The summed E-state index contributed by atoms with van der Waals surface area (Å²) >= 11 is 0. The quantitative estimate of drug-likeness (QED) is 0.745. The van der Waals surface area contributed by atoms with Crippen molar-refractivity contribution in [2.45, 2.75) is 46.1 Å². The van der Waals surface area contributed by atoms with Gasteiger partial charge in [0, 0.05) is 12.0 Å². The van der Waals surface area contributed by atoms with Gasteiger partial charge in [-0.2, -0.15) is 4.98 Å². The first-order valence-corrected chi connectivity index (χ1v) is 7.47. The maximum absolute atomic E-state index is 5.70. The number of furan rings is 1. The van der Waals surface area contributed by atoms with E-state index in [-0.39, 0.29) is 5.92 Å². The monoisotopic (exact) mass is 289 g/mol. The number of hydrogen-bond donors (Lipinski definition) is 1. The third-order valence-electron chi connectivity index (χ3n) is 3.01. The Kier molecular flexibility index (Phi) is 5.60. The molecule has 114 valence electrons. The number of unbranched alkanes of at least 4 members (excludes halogenated alkanes) is 1. The number of hydrogen-bond acceptors (Lipinski definition) is 5. The first kappa shape index (κ1) is 15.4. The molecule has 2 heterocycles. The smallest absolute Gasteiger partial charge is 0.218 e. The molecule has 0 saturated carbocycles. The van der Waals surface area contributed by atoms with E-state index in [9.17, 15) is 0 Å². The average Bonchev–Trinajstić information content (AvgIpc) is 2.98. The van der Waals surface area contributed by atoms with Crippen molar-refractivity contribution in [2.24, 2.45) is 0 Å². The van der Waals surface area contributed by atoms with Crippen molar-refractivity contribution in [1.29, 1.82) is 0 Å². The zero-order chi connectivity index (χ0) is 15.1. The molecule has 5 heteroatoms. The fraction of sp³-hybridized carbons (Fsp3) is 0.500. The van der Waals surface area contributed by atoms with E-state index >= 15 is 0 Å². The molecule has 0 atom stereocenters. The molecular formula is C16H23N3O2. The third-order valence-corrected chi connectivity index (χ3v) is 3.01. The number of nitrogens with one attached hydrogen (secondary N) is 1. The van der Waals surface area contributed by atoms with Gasteiger partial charge >= 0.3 is 0 Å². The Morgan fingerprint density at radius 1 is 1.33 bits per heavy atom. The van der Waals surface area contributed by atoms with Crippen LogP contribution < -0.4 is 10.1 Å². The number of rotatable bonds is 8. The molecule has 2 rings (SSSR count). The van der Waals surface area contributed by atoms with Crippen LogP contribution in [0.15, 0.2) is 28.9 Å². The lowest BCUT2D eigenvalue weighted by Gasteiger charge is -2.11. The maximum Gasteiger partial charge on any atom is 0.218 e. The molecule has 0 amide bonds. The predicted octanol–water partition coefficient (Wildman–Crippen LogP) is 3.98. The molecule has 0 aliphatic carbocycles. The standard InChI is InChI=1S/C16H23N3O2/c1-4-5-8-21-15-10-14(18-16(19-15)12(2)3)17-11-13-7-6-9-20-13/h6-7,9-10,12H,4-5,8,11H2,1-3H3,(H,17,18,19). The van der Waals surface area contributed by atoms with Crippen LogP contribution in [0, 0.1) is 0 Å². The third kappa shape index (κ3) is 4.77. The van der Waals surface area contributed by atoms with Crippen molar-refractivity contribution in [3.63, 3.8) is 0 Å². The lowest BCUT2D eigenvalue weighted by molar-refractivity contribution is 0.296. The van der Waals surface area contributed by atoms with Crippen molar-refractivity contribution in [3.05, 3.63) is 36.0 Å². The molecule has 0 unspecified atom stereocenters. The zero-order valence-corrected chi connectivity index (χ0v) is 12.9. The van der Waals surface area contributed by atoms with Crippen LogP contribution in [0.5, 0.6) is 5.88 Å². The SMILES string of the molecule is CCCCOc1cc(NCc2ccco2)nc(C(C)C)n1. The second-order valence-corrected chi connectivity index (χ2v) is 5.24. The average molecular weight is 289 g/mol. The molecule has 0 radical (unpaired) electrons. The van der Waals surface area contributed by atoms with Crippen molar-refractivity contribution >= 4 is 5.82 Å². The van der Waals surface area contributed by atoms with E-state index in [0.29, 0.717) is 19.0 Å². The van der Waals surface area contributed by atoms with Crippen LogP contribution in [0.25, 0.3) is 0 Å². The molecule has 0 fully saturated rings. The predicted molar refractivity (Wildman–Crippen MR) is 82.6 cm³/mol. The van der Waals surface area contributed by atoms with Gasteiger partial charge in [0.2, 0.25) is 5.88 Å². The Bertz CT molecular complexity index is 538. The van der Waals surface area contributed by atoms with E-state index in [1.54, 1.807) is 6.26 Å². The van der Waals surface area contributed by atoms with Gasteiger partial charge in [-0.05, 0) is 18.6 Å². The van der Waals surface area contributed by atoms with Crippen LogP contribution in [0.2, 0.25) is 0 Å². The summed E-state index contributed by atoms with van der Waals surface area (Å²) in [5, 5.41) is 3.25. The second kappa shape index (κ2) is 7.67. The molecule has 2 aromatic heterocycles. The first-order chi connectivity index (χ1) is 10.2. The molecule has 0 aliphatic heterocycles. The van der Waals surface area contributed by atoms with Gasteiger partial charge in [0.1, 0.15) is 17.4 Å². The lowest BCUT2D eigenvalue weighted by atomic mass is 10.2. The van der Waals surface area contributed by atoms with Crippen molar-refractivity contribution < 1.29 is 9.15 Å². The summed E-state index contributed by atoms with van der Waals surface area (Å²) < 4.78 is 11.0. The van der Waals surface area contributed by atoms with Crippen molar-refractivity contribution in [3.8, 4) is 5.88 Å². The summed E-state index contributed by atoms with van der Waals surface area (Å²) in [6.07, 6.45) is 3.79. The number of nitrogens with zero attached hydrogens (tertiary/aromatic N) is 2. The van der Waals surface area contributed by atoms with Crippen LogP contribution in [0.3, 0.4) is 0 Å². The summed E-state index contributed by atoms with van der Waals surface area (Å²) in [6.45, 7) is 7.56. The molecule has 1 N–H and O–H groups in total. The maximum atomic E-state index is 5.70. The minimum absolute atomic E-state index is 0.254. The minimum Gasteiger partial charge on any atom is -0.478 e. The Labute approximate surface area is 125 Å². The van der Waals surface area contributed by atoms with E-state index in [2.05, 4.69) is 36.1 Å². The Hall–Kier alpha value is -2.04. The summed E-state index contributed by atoms with van der Waals surface area (Å²) in [6, 6.07) is 5.64. The lowest BCUT2D eigenvalue weighted by Crippen LogP contribution is -2.08. The van der Waals surface area contributed by atoms with Gasteiger partial charge < -0.3 is 14.5 Å². The van der Waals surface area contributed by atoms with E-state index in [1.807, 2.05) is 18.2 Å². The van der Waals surface area contributed by atoms with E-state index in [1.165, 1.54) is 0 Å². The summed E-state index contributed by atoms with van der Waals surface area (Å²) in [7, 11) is 0. The van der Waals surface area contributed by atoms with Crippen molar-refractivity contribution in [1.82, 2.24) is 9.97 Å². The Morgan fingerprint density at radius 2 is 2.19 bits per heavy atom. The van der Waals surface area contributed by atoms with Gasteiger partial charge in [0.05, 0.1) is 19.4 Å². The summed E-state index contributed by atoms with van der Waals surface area (Å²) in [4.78, 5) is 8.97. The molecule has 0 spiro atoms. The number of ether oxygens (including phenoxy) is 1. The molecule has 5 nitrogen and oxygen atoms in total. The van der Waals surface area contributed by atoms with Crippen LogP contribution in [-0.4, -0.2) is 16.6 Å². The van der Waals surface area contributed by atoms with Gasteiger partial charge in [-0.15, -0.1) is 0 Å². The van der Waals surface area contributed by atoms with Crippen LogP contribution in [0.1, 0.15) is 51.1 Å². The molecular weight excluding hydrogens is 266 g/mol. The van der Waals surface area contributed by atoms with Gasteiger partial charge in [0.25, 0.3) is 0 Å². The van der Waals surface area contributed by atoms with Crippen LogP contribution in [-0.2, 0) is 6.54 Å². The van der Waals surface area contributed by atoms with Crippen LogP contribution in [0.4, 0.5) is 5.82 Å². The van der Waals surface area contributed by atoms with Gasteiger partial charge in [-0.1, -0.05) is 27.2 Å². The summed E-state index contributed by atoms with van der Waals surface area (Å²) in [5.74, 6) is 3.30. The van der Waals surface area contributed by atoms with E-state index in [4.69, 9.17) is 9.15 Å². The van der Waals surface area contributed by atoms with E-state index in [0.717, 1.165) is 30.2 Å². The largest absolute Gasteiger partial charge is 0.478 e. The summed E-state index contributed by atoms with van der Waals surface area (Å²) in [5.41, 5.74) is 0. The fourth-order valence-corrected chi connectivity index (χ4v) is 1.78. The highest BCUT2D eigenvalue weighted by Crippen LogP contribution is 2.19. The van der Waals surface area contributed by atoms with Crippen LogP contribution >= 0.6 is 0 Å². The molecule has 2 aromatic rings. The number of anilines is 1. The molecule has 0 aromatic carbocycles. The molecule has 0 bridgehead atoms. The zero-order valence-electron chi connectivity index (χ0n) is 12.9. The fourth-order valence-electron chi connectivity index (χ4n) is 1.78. The second-order valence-electron chi connectivity index (χ2n) is 5.24. The minimum atomic E-state index is 0.254. The molecule has 0 aliphatic rings. The highest BCUT2D eigenvalue weighted by molar-refractivity contribution is 5.39. The topological polar surface area (TPSA) is 60.2 Å². The molecule has 21 heavy (non-hydrogen) atoms. The first-order valence-electron chi connectivity index (χ1n) is 7.47. The van der Waals surface area contributed by atoms with Gasteiger partial charge in [0.15, 0.2) is 0 Å². The number of aromatic nitrogens is 2. The highest BCUT2D eigenvalue weighted by atomic mass is 16.5. The van der Waals surface area contributed by atoms with E-state index < -0.39 is 0 Å². The molecule has 0 saturated heterocycles. The Balaban J connectivity index is 2.07. The highest BCUT2D eigenvalue weighted by Gasteiger charge is 2.09. The normalized spacial score (nSPS) is 10.9. The van der Waals surface area contributed by atoms with Crippen molar-refractivity contribution in [2.75, 3.05) is 11.9 Å². The van der Waals surface area contributed by atoms with Gasteiger partial charge in [-0.3, -0.25) is 0 Å². The van der Waals surface area contributed by atoms with Gasteiger partial charge in [-0.25, -0.2) is 4.98 Å².